The highest BCUT2D eigenvalue weighted by Gasteiger charge is 2.36. The van der Waals surface area contributed by atoms with Gasteiger partial charge in [0.1, 0.15) is 0 Å². The highest BCUT2D eigenvalue weighted by molar-refractivity contribution is 6.01. The van der Waals surface area contributed by atoms with Crippen molar-refractivity contribution in [3.05, 3.63) is 0 Å². The highest BCUT2D eigenvalue weighted by atomic mass is 16.7. The summed E-state index contributed by atoms with van der Waals surface area (Å²) in [4.78, 5) is 51.6. The summed E-state index contributed by atoms with van der Waals surface area (Å²) in [6, 6.07) is 0. The highest BCUT2D eigenvalue weighted by Crippen LogP contribution is 2.36. The Morgan fingerprint density at radius 2 is 1.65 bits per heavy atom. The summed E-state index contributed by atoms with van der Waals surface area (Å²) in [5.41, 5.74) is -0.903. The number of nitrogens with one attached hydrogen (secondary N) is 1. The Labute approximate surface area is 184 Å². The van der Waals surface area contributed by atoms with E-state index in [2.05, 4.69) is 11.2 Å². The Morgan fingerprint density at radius 1 is 1.06 bits per heavy atom. The van der Waals surface area contributed by atoms with E-state index >= 15 is 0 Å². The smallest absolute Gasteiger partial charge is 0.335 e. The van der Waals surface area contributed by atoms with Crippen molar-refractivity contribution in [3.8, 4) is 12.3 Å². The molecule has 174 valence electrons. The third-order valence-corrected chi connectivity index (χ3v) is 5.10. The second-order valence-electron chi connectivity index (χ2n) is 8.40. The van der Waals surface area contributed by atoms with E-state index < -0.39 is 23.2 Å². The van der Waals surface area contributed by atoms with E-state index in [0.717, 1.165) is 0 Å². The molecule has 1 N–H and O–H groups in total. The molecule has 0 aromatic carbocycles. The van der Waals surface area contributed by atoms with E-state index in [1.54, 1.807) is 0 Å². The van der Waals surface area contributed by atoms with Crippen LogP contribution in [0.1, 0.15) is 59.8 Å². The van der Waals surface area contributed by atoms with Gasteiger partial charge >= 0.3 is 5.97 Å². The van der Waals surface area contributed by atoms with Crippen molar-refractivity contribution in [1.29, 1.82) is 0 Å². The number of nitrogens with zero attached hydrogens (tertiary/aromatic N) is 1. The largest absolute Gasteiger partial charge is 0.378 e. The fourth-order valence-corrected chi connectivity index (χ4v) is 3.13. The molecule has 9 nitrogen and oxygen atoms in total. The number of rotatable bonds is 14. The molecule has 3 amide bonds. The fraction of sp³-hybridized carbons (Fsp3) is 0.727. The van der Waals surface area contributed by atoms with Gasteiger partial charge in [-0.15, -0.1) is 17.4 Å². The quantitative estimate of drug-likeness (QED) is 0.249. The van der Waals surface area contributed by atoms with Gasteiger partial charge in [0.25, 0.3) is 11.8 Å². The lowest BCUT2D eigenvalue weighted by molar-refractivity contribution is -0.198. The standard InChI is InChI=1S/C22H34N2O7/c1-6-21(3,4)16-22(5,7-2)20(28)23-11-13-30-15-14-29-12-10-19(27)31-24-17(25)8-9-18(24)26/h1H,7-16H2,2-5H3,(H,23,28). The average molecular weight is 439 g/mol. The number of hydrogen-bond acceptors (Lipinski definition) is 7. The van der Waals surface area contributed by atoms with Crippen LogP contribution in [0.2, 0.25) is 0 Å². The van der Waals surface area contributed by atoms with Crippen LogP contribution in [0.4, 0.5) is 0 Å². The van der Waals surface area contributed by atoms with Gasteiger partial charge in [-0.25, -0.2) is 4.79 Å². The molecular weight excluding hydrogens is 404 g/mol. The van der Waals surface area contributed by atoms with Crippen LogP contribution in [0, 0.1) is 23.2 Å². The van der Waals surface area contributed by atoms with Crippen LogP contribution in [-0.2, 0) is 33.5 Å². The second-order valence-corrected chi connectivity index (χ2v) is 8.40. The number of carbonyl (C=O) groups is 4. The van der Waals surface area contributed by atoms with Crippen molar-refractivity contribution in [3.63, 3.8) is 0 Å². The first-order valence-electron chi connectivity index (χ1n) is 10.5. The molecule has 0 saturated carbocycles. The summed E-state index contributed by atoms with van der Waals surface area (Å²) in [5, 5.41) is 3.40. The van der Waals surface area contributed by atoms with Crippen molar-refractivity contribution >= 4 is 23.7 Å². The van der Waals surface area contributed by atoms with Gasteiger partial charge in [0.2, 0.25) is 5.91 Å². The van der Waals surface area contributed by atoms with Gasteiger partial charge in [-0.2, -0.15) is 0 Å². The van der Waals surface area contributed by atoms with Crippen LogP contribution in [0.25, 0.3) is 0 Å². The van der Waals surface area contributed by atoms with Gasteiger partial charge < -0.3 is 19.6 Å². The van der Waals surface area contributed by atoms with Crippen molar-refractivity contribution < 1.29 is 33.5 Å². The van der Waals surface area contributed by atoms with Gasteiger partial charge in [-0.1, -0.05) is 13.8 Å². The van der Waals surface area contributed by atoms with Crippen LogP contribution in [0.15, 0.2) is 0 Å². The molecular formula is C22H34N2O7. The first-order chi connectivity index (χ1) is 14.5. The zero-order valence-electron chi connectivity index (χ0n) is 19.0. The Morgan fingerprint density at radius 3 is 2.19 bits per heavy atom. The van der Waals surface area contributed by atoms with Crippen LogP contribution in [0.5, 0.6) is 0 Å². The fourth-order valence-electron chi connectivity index (χ4n) is 3.13. The lowest BCUT2D eigenvalue weighted by Gasteiger charge is -2.33. The maximum absolute atomic E-state index is 12.5. The SMILES string of the molecule is C#CC(C)(C)CC(C)(CC)C(=O)NCCOCCOCCC(=O)ON1C(=O)CCC1=O. The van der Waals surface area contributed by atoms with Crippen molar-refractivity contribution in [1.82, 2.24) is 10.4 Å². The van der Waals surface area contributed by atoms with Gasteiger partial charge in [-0.05, 0) is 26.7 Å². The minimum atomic E-state index is -0.709. The molecule has 0 radical (unpaired) electrons. The topological polar surface area (TPSA) is 111 Å². The summed E-state index contributed by atoms with van der Waals surface area (Å²) in [7, 11) is 0. The van der Waals surface area contributed by atoms with Crippen LogP contribution < -0.4 is 5.32 Å². The molecule has 1 unspecified atom stereocenters. The lowest BCUT2D eigenvalue weighted by atomic mass is 9.72. The lowest BCUT2D eigenvalue weighted by Crippen LogP contribution is -2.42. The maximum atomic E-state index is 12.5. The first kappa shape index (κ1) is 26.6. The summed E-state index contributed by atoms with van der Waals surface area (Å²) in [6.45, 7) is 9.10. The second kappa shape index (κ2) is 12.4. The Bertz CT molecular complexity index is 682. The Hall–Kier alpha value is -2.44. The van der Waals surface area contributed by atoms with Crippen LogP contribution in [-0.4, -0.2) is 61.7 Å². The van der Waals surface area contributed by atoms with E-state index in [0.29, 0.717) is 37.7 Å². The van der Waals surface area contributed by atoms with E-state index in [1.165, 1.54) is 0 Å². The summed E-state index contributed by atoms with van der Waals surface area (Å²) in [6.07, 6.45) is 6.86. The van der Waals surface area contributed by atoms with Crippen LogP contribution in [0.3, 0.4) is 0 Å². The predicted molar refractivity (Wildman–Crippen MR) is 112 cm³/mol. The number of carbonyl (C=O) groups excluding carboxylic acids is 4. The third kappa shape index (κ3) is 9.07. The molecule has 1 atom stereocenters. The predicted octanol–water partition coefficient (Wildman–Crippen LogP) is 1.60. The molecule has 0 spiro atoms. The minimum absolute atomic E-state index is 0.0494. The normalized spacial score (nSPS) is 16.0. The summed E-state index contributed by atoms with van der Waals surface area (Å²) < 4.78 is 10.7. The molecule has 0 aromatic heterocycles. The van der Waals surface area contributed by atoms with Gasteiger partial charge in [0.15, 0.2) is 0 Å². The molecule has 0 aromatic rings. The zero-order chi connectivity index (χ0) is 23.5. The minimum Gasteiger partial charge on any atom is -0.378 e. The van der Waals surface area contributed by atoms with E-state index in [9.17, 15) is 19.2 Å². The molecule has 1 aliphatic heterocycles. The molecule has 9 heteroatoms. The Kier molecular flexibility index (Phi) is 10.7. The van der Waals surface area contributed by atoms with E-state index in [1.807, 2.05) is 27.7 Å². The van der Waals surface area contributed by atoms with Gasteiger partial charge in [0, 0.05) is 30.2 Å². The number of imide groups is 1. The summed E-state index contributed by atoms with van der Waals surface area (Å²) in [5.74, 6) is 0.947. The first-order valence-corrected chi connectivity index (χ1v) is 10.5. The summed E-state index contributed by atoms with van der Waals surface area (Å²) >= 11 is 0. The molecule has 1 heterocycles. The molecule has 0 aliphatic carbocycles. The van der Waals surface area contributed by atoms with Gasteiger partial charge in [0.05, 0.1) is 32.8 Å². The van der Waals surface area contributed by atoms with Crippen molar-refractivity contribution in [2.24, 2.45) is 10.8 Å². The van der Waals surface area contributed by atoms with Gasteiger partial charge in [-0.3, -0.25) is 14.4 Å². The van der Waals surface area contributed by atoms with Crippen molar-refractivity contribution in [2.75, 3.05) is 33.0 Å². The maximum Gasteiger partial charge on any atom is 0.335 e. The van der Waals surface area contributed by atoms with Crippen molar-refractivity contribution in [2.45, 2.75) is 59.8 Å². The third-order valence-electron chi connectivity index (χ3n) is 5.10. The molecule has 1 rings (SSSR count). The molecule has 1 fully saturated rings. The number of amides is 3. The molecule has 0 bridgehead atoms. The van der Waals surface area contributed by atoms with E-state index in [4.69, 9.17) is 20.7 Å². The number of hydroxylamine groups is 2. The average Bonchev–Trinajstić information content (AvgIpc) is 3.03. The monoisotopic (exact) mass is 438 g/mol. The molecule has 31 heavy (non-hydrogen) atoms. The number of hydrogen-bond donors (Lipinski definition) is 1. The molecule has 1 aliphatic rings. The molecule has 1 saturated heterocycles. The van der Waals surface area contributed by atoms with E-state index in [-0.39, 0.29) is 43.8 Å². The number of terminal acetylenes is 1. The number of ether oxygens (including phenoxy) is 2. The van der Waals surface area contributed by atoms with Crippen LogP contribution >= 0.6 is 0 Å². The zero-order valence-corrected chi connectivity index (χ0v) is 19.0. The Balaban J connectivity index is 2.11.